The van der Waals surface area contributed by atoms with Crippen LogP contribution in [-0.4, -0.2) is 11.8 Å². The molecular weight excluding hydrogens is 234 g/mol. The van der Waals surface area contributed by atoms with Gasteiger partial charge < -0.3 is 4.42 Å². The molecule has 1 aromatic heterocycles. The quantitative estimate of drug-likeness (QED) is 0.582. The minimum Gasteiger partial charge on any atom is -0.456 e. The van der Waals surface area contributed by atoms with E-state index in [1.54, 1.807) is 0 Å². The Balaban J connectivity index is 2.13. The molecule has 2 nitrogen and oxygen atoms in total. The highest BCUT2D eigenvalue weighted by atomic mass is 16.3. The van der Waals surface area contributed by atoms with Gasteiger partial charge in [-0.05, 0) is 38.0 Å². The van der Waals surface area contributed by atoms with Crippen molar-refractivity contribution in [3.8, 4) is 0 Å². The van der Waals surface area contributed by atoms with Crippen LogP contribution in [0.5, 0.6) is 0 Å². The minimum atomic E-state index is 0.000214. The maximum absolute atomic E-state index is 5.91. The van der Waals surface area contributed by atoms with Crippen LogP contribution in [0.3, 0.4) is 0 Å². The fraction of sp³-hybridized carbons (Fsp3) is 0.235. The molecule has 94 valence electrons. The molecule has 2 aromatic carbocycles. The molecule has 19 heavy (non-hydrogen) atoms. The van der Waals surface area contributed by atoms with Crippen molar-refractivity contribution in [3.05, 3.63) is 47.5 Å². The molecule has 0 atom stereocenters. The van der Waals surface area contributed by atoms with Gasteiger partial charge in [-0.3, -0.25) is 4.99 Å². The Morgan fingerprint density at radius 2 is 1.89 bits per heavy atom. The van der Waals surface area contributed by atoms with E-state index in [2.05, 4.69) is 43.1 Å². The van der Waals surface area contributed by atoms with E-state index in [4.69, 9.17) is 4.42 Å². The predicted molar refractivity (Wildman–Crippen MR) is 79.1 cm³/mol. The second-order valence-electron chi connectivity index (χ2n) is 5.86. The Morgan fingerprint density at radius 1 is 1.05 bits per heavy atom. The molecule has 0 bridgehead atoms. The van der Waals surface area contributed by atoms with Crippen LogP contribution in [0.15, 0.2) is 45.8 Å². The standard InChI is InChI=1S/C17H15NO/c1-17(2)9-11-7-8-15-16(13(11)10-18-17)12-5-3-4-6-14(12)19-15/h3-8,10H,9H2,1-2H3. The van der Waals surface area contributed by atoms with Crippen LogP contribution in [0.1, 0.15) is 25.0 Å². The number of nitrogens with zero attached hydrogens (tertiary/aromatic N) is 1. The second-order valence-corrected chi connectivity index (χ2v) is 5.86. The number of benzene rings is 2. The highest BCUT2D eigenvalue weighted by molar-refractivity contribution is 6.13. The van der Waals surface area contributed by atoms with Crippen molar-refractivity contribution in [2.24, 2.45) is 4.99 Å². The molecule has 0 amide bonds. The molecule has 4 rings (SSSR count). The van der Waals surface area contributed by atoms with E-state index in [1.165, 1.54) is 21.9 Å². The van der Waals surface area contributed by atoms with Crippen LogP contribution in [-0.2, 0) is 6.42 Å². The van der Waals surface area contributed by atoms with Crippen LogP contribution in [0.4, 0.5) is 0 Å². The van der Waals surface area contributed by atoms with Gasteiger partial charge in [-0.1, -0.05) is 24.3 Å². The van der Waals surface area contributed by atoms with E-state index in [0.29, 0.717) is 0 Å². The van der Waals surface area contributed by atoms with Crippen molar-refractivity contribution >= 4 is 28.2 Å². The largest absolute Gasteiger partial charge is 0.456 e. The van der Waals surface area contributed by atoms with Crippen molar-refractivity contribution in [3.63, 3.8) is 0 Å². The summed E-state index contributed by atoms with van der Waals surface area (Å²) in [5.74, 6) is 0. The Bertz CT molecular complexity index is 824. The van der Waals surface area contributed by atoms with Gasteiger partial charge in [0.2, 0.25) is 0 Å². The average Bonchev–Trinajstić information content (AvgIpc) is 2.76. The fourth-order valence-corrected chi connectivity index (χ4v) is 2.94. The van der Waals surface area contributed by atoms with E-state index in [-0.39, 0.29) is 5.54 Å². The lowest BCUT2D eigenvalue weighted by atomic mass is 9.88. The number of furan rings is 1. The fourth-order valence-electron chi connectivity index (χ4n) is 2.94. The number of hydrogen-bond acceptors (Lipinski definition) is 2. The van der Waals surface area contributed by atoms with Gasteiger partial charge in [-0.15, -0.1) is 0 Å². The zero-order chi connectivity index (χ0) is 13.0. The summed E-state index contributed by atoms with van der Waals surface area (Å²) in [5, 5.41) is 2.38. The third kappa shape index (κ3) is 1.53. The monoisotopic (exact) mass is 249 g/mol. The lowest BCUT2D eigenvalue weighted by Crippen LogP contribution is -2.24. The Morgan fingerprint density at radius 3 is 2.79 bits per heavy atom. The van der Waals surface area contributed by atoms with Crippen molar-refractivity contribution in [2.75, 3.05) is 0 Å². The first kappa shape index (κ1) is 10.8. The highest BCUT2D eigenvalue weighted by Gasteiger charge is 2.24. The lowest BCUT2D eigenvalue weighted by Gasteiger charge is -2.25. The number of hydrogen-bond donors (Lipinski definition) is 0. The first-order valence-electron chi connectivity index (χ1n) is 6.62. The molecule has 1 aliphatic heterocycles. The lowest BCUT2D eigenvalue weighted by molar-refractivity contribution is 0.516. The van der Waals surface area contributed by atoms with E-state index >= 15 is 0 Å². The van der Waals surface area contributed by atoms with Crippen LogP contribution in [0, 0.1) is 0 Å². The first-order valence-corrected chi connectivity index (χ1v) is 6.62. The van der Waals surface area contributed by atoms with E-state index in [1.807, 2.05) is 18.3 Å². The number of para-hydroxylation sites is 1. The predicted octanol–water partition coefficient (Wildman–Crippen LogP) is 4.34. The van der Waals surface area contributed by atoms with Gasteiger partial charge in [-0.2, -0.15) is 0 Å². The van der Waals surface area contributed by atoms with Gasteiger partial charge in [-0.25, -0.2) is 0 Å². The van der Waals surface area contributed by atoms with E-state index in [9.17, 15) is 0 Å². The third-order valence-corrected chi connectivity index (χ3v) is 3.84. The number of fused-ring (bicyclic) bond motifs is 5. The summed E-state index contributed by atoms with van der Waals surface area (Å²) < 4.78 is 5.91. The maximum Gasteiger partial charge on any atom is 0.136 e. The SMILES string of the molecule is CC1(C)Cc2ccc3oc4ccccc4c3c2C=N1. The van der Waals surface area contributed by atoms with Crippen molar-refractivity contribution in [1.29, 1.82) is 0 Å². The van der Waals surface area contributed by atoms with Crippen LogP contribution in [0.25, 0.3) is 21.9 Å². The number of aliphatic imine (C=N–C) groups is 1. The molecule has 3 aromatic rings. The second kappa shape index (κ2) is 3.47. The summed E-state index contributed by atoms with van der Waals surface area (Å²) >= 11 is 0. The normalized spacial score (nSPS) is 16.9. The zero-order valence-corrected chi connectivity index (χ0v) is 11.1. The Kier molecular flexibility index (Phi) is 1.97. The molecule has 2 heterocycles. The summed E-state index contributed by atoms with van der Waals surface area (Å²) in [6.07, 6.45) is 3.00. The van der Waals surface area contributed by atoms with Gasteiger partial charge in [0, 0.05) is 22.6 Å². The summed E-state index contributed by atoms with van der Waals surface area (Å²) in [6, 6.07) is 12.5. The van der Waals surface area contributed by atoms with Gasteiger partial charge in [0.25, 0.3) is 0 Å². The third-order valence-electron chi connectivity index (χ3n) is 3.84. The van der Waals surface area contributed by atoms with Crippen molar-refractivity contribution in [2.45, 2.75) is 25.8 Å². The molecule has 0 saturated heterocycles. The molecule has 1 aliphatic rings. The van der Waals surface area contributed by atoms with Crippen LogP contribution < -0.4 is 0 Å². The van der Waals surface area contributed by atoms with E-state index in [0.717, 1.165) is 17.6 Å². The summed E-state index contributed by atoms with van der Waals surface area (Å²) in [6.45, 7) is 4.34. The van der Waals surface area contributed by atoms with Gasteiger partial charge in [0.05, 0.1) is 5.54 Å². The molecule has 0 unspecified atom stereocenters. The molecule has 0 fully saturated rings. The van der Waals surface area contributed by atoms with Crippen molar-refractivity contribution in [1.82, 2.24) is 0 Å². The van der Waals surface area contributed by atoms with Gasteiger partial charge in [0.1, 0.15) is 11.2 Å². The summed E-state index contributed by atoms with van der Waals surface area (Å²) in [5.41, 5.74) is 4.48. The minimum absolute atomic E-state index is 0.000214. The summed E-state index contributed by atoms with van der Waals surface area (Å²) in [4.78, 5) is 4.67. The molecule has 0 N–H and O–H groups in total. The number of rotatable bonds is 0. The molecule has 0 aliphatic carbocycles. The smallest absolute Gasteiger partial charge is 0.136 e. The zero-order valence-electron chi connectivity index (χ0n) is 11.1. The molecule has 0 saturated carbocycles. The van der Waals surface area contributed by atoms with Gasteiger partial charge >= 0.3 is 0 Å². The Labute approximate surface area is 111 Å². The molecule has 0 spiro atoms. The Hall–Kier alpha value is -2.09. The van der Waals surface area contributed by atoms with Gasteiger partial charge in [0.15, 0.2) is 0 Å². The molecule has 2 heteroatoms. The van der Waals surface area contributed by atoms with Crippen molar-refractivity contribution < 1.29 is 4.42 Å². The maximum atomic E-state index is 5.91. The first-order chi connectivity index (χ1) is 9.14. The molecule has 0 radical (unpaired) electrons. The highest BCUT2D eigenvalue weighted by Crippen LogP contribution is 2.35. The van der Waals surface area contributed by atoms with Crippen LogP contribution >= 0.6 is 0 Å². The topological polar surface area (TPSA) is 25.5 Å². The van der Waals surface area contributed by atoms with Crippen LogP contribution in [0.2, 0.25) is 0 Å². The average molecular weight is 249 g/mol. The van der Waals surface area contributed by atoms with E-state index < -0.39 is 0 Å². The summed E-state index contributed by atoms with van der Waals surface area (Å²) in [7, 11) is 0. The molecular formula is C17H15NO.